The number of rotatable bonds is 4. The van der Waals surface area contributed by atoms with Crippen molar-refractivity contribution >= 4 is 11.8 Å². The number of primary amides is 2. The summed E-state index contributed by atoms with van der Waals surface area (Å²) in [6, 6.07) is 0. The minimum Gasteiger partial charge on any atom is -0.367 e. The molecule has 0 fully saturated rings. The molecule has 5 nitrogen and oxygen atoms in total. The van der Waals surface area contributed by atoms with Gasteiger partial charge in [-0.05, 0) is 0 Å². The molecule has 5 N–H and O–H groups in total. The maximum atomic E-state index is 12.9. The molecule has 0 saturated carbocycles. The highest BCUT2D eigenvalue weighted by Gasteiger charge is 2.83. The van der Waals surface area contributed by atoms with E-state index in [9.17, 15) is 40.3 Å². The maximum absolute atomic E-state index is 12.9. The topological polar surface area (TPSA) is 106 Å². The number of amides is 2. The van der Waals surface area contributed by atoms with Crippen LogP contribution in [-0.2, 0) is 9.59 Å². The Kier molecular flexibility index (Phi) is 3.61. The van der Waals surface area contributed by atoms with E-state index in [1.54, 1.807) is 0 Å². The first-order valence-corrected chi connectivity index (χ1v) is 3.78. The van der Waals surface area contributed by atoms with Crippen LogP contribution in [0.1, 0.15) is 0 Å². The highest BCUT2D eigenvalue weighted by molar-refractivity contribution is 6.08. The molecule has 0 aromatic carbocycles. The Morgan fingerprint density at radius 1 is 0.778 bits per heavy atom. The van der Waals surface area contributed by atoms with E-state index in [1.165, 1.54) is 0 Å². The monoisotopic (exact) mass is 286 g/mol. The van der Waals surface area contributed by atoms with E-state index in [0.717, 1.165) is 0 Å². The van der Waals surface area contributed by atoms with Crippen LogP contribution in [0.5, 0.6) is 0 Å². The van der Waals surface area contributed by atoms with Crippen molar-refractivity contribution in [3.05, 3.63) is 0 Å². The molecular weight excluding hydrogens is 281 g/mol. The van der Waals surface area contributed by atoms with E-state index in [0.29, 0.717) is 0 Å². The second kappa shape index (κ2) is 3.96. The van der Waals surface area contributed by atoms with Crippen molar-refractivity contribution in [1.82, 2.24) is 0 Å². The highest BCUT2D eigenvalue weighted by Crippen LogP contribution is 2.51. The molecule has 0 heterocycles. The molecular formula is C6H5F7N2O3. The molecule has 0 aliphatic rings. The van der Waals surface area contributed by atoms with Crippen molar-refractivity contribution in [3.63, 3.8) is 0 Å². The van der Waals surface area contributed by atoms with Crippen LogP contribution in [0.25, 0.3) is 0 Å². The fraction of sp³-hybridized carbons (Fsp3) is 0.667. The van der Waals surface area contributed by atoms with Crippen LogP contribution in [0.15, 0.2) is 0 Å². The predicted molar refractivity (Wildman–Crippen MR) is 39.3 cm³/mol. The van der Waals surface area contributed by atoms with Crippen LogP contribution in [0.2, 0.25) is 0 Å². The maximum Gasteiger partial charge on any atom is 0.460 e. The molecule has 0 aliphatic heterocycles. The lowest BCUT2D eigenvalue weighted by Crippen LogP contribution is -2.73. The Morgan fingerprint density at radius 2 is 1.06 bits per heavy atom. The quantitative estimate of drug-likeness (QED) is 0.480. The SMILES string of the molecule is NC(=O)C(O)(C(N)=O)C(F)(F)C(F)(F)C(F)(F)F. The van der Waals surface area contributed by atoms with E-state index >= 15 is 0 Å². The number of hydrogen-bond donors (Lipinski definition) is 3. The zero-order chi connectivity index (χ0) is 15.2. The van der Waals surface area contributed by atoms with Gasteiger partial charge in [-0.3, -0.25) is 9.59 Å². The fourth-order valence-electron chi connectivity index (χ4n) is 0.836. The number of alkyl halides is 7. The molecule has 12 heteroatoms. The van der Waals surface area contributed by atoms with E-state index in [-0.39, 0.29) is 0 Å². The minimum absolute atomic E-state index is 2.84. The Labute approximate surface area is 93.5 Å². The van der Waals surface area contributed by atoms with E-state index in [2.05, 4.69) is 11.5 Å². The zero-order valence-electron chi connectivity index (χ0n) is 8.06. The van der Waals surface area contributed by atoms with Crippen LogP contribution in [0, 0.1) is 0 Å². The van der Waals surface area contributed by atoms with Gasteiger partial charge in [-0.15, -0.1) is 0 Å². The largest absolute Gasteiger partial charge is 0.460 e. The first kappa shape index (κ1) is 16.4. The van der Waals surface area contributed by atoms with Crippen molar-refractivity contribution in [1.29, 1.82) is 0 Å². The van der Waals surface area contributed by atoms with Gasteiger partial charge in [0, 0.05) is 0 Å². The van der Waals surface area contributed by atoms with Crippen molar-refractivity contribution < 1.29 is 45.4 Å². The number of hydrogen-bond acceptors (Lipinski definition) is 3. The van der Waals surface area contributed by atoms with Gasteiger partial charge in [-0.2, -0.15) is 30.7 Å². The van der Waals surface area contributed by atoms with Gasteiger partial charge in [-0.1, -0.05) is 0 Å². The Bertz CT molecular complexity index is 364. The summed E-state index contributed by atoms with van der Waals surface area (Å²) in [5.41, 5.74) is 2.87. The molecule has 0 atom stereocenters. The number of aliphatic hydroxyl groups is 1. The third-order valence-corrected chi connectivity index (χ3v) is 1.92. The molecule has 0 spiro atoms. The summed E-state index contributed by atoms with van der Waals surface area (Å²) in [5, 5.41) is 8.71. The third kappa shape index (κ3) is 1.85. The standard InChI is InChI=1S/C6H5F7N2O3/c7-4(8,5(9,10)6(11,12)13)3(18,1(14)16)2(15)17/h18H,(H2,14,16)(H2,15,17). The van der Waals surface area contributed by atoms with Gasteiger partial charge in [0.05, 0.1) is 0 Å². The Balaban J connectivity index is 6.06. The average Bonchev–Trinajstić information content (AvgIpc) is 2.13. The molecule has 2 amide bonds. The molecule has 0 aromatic heterocycles. The minimum atomic E-state index is -6.90. The zero-order valence-corrected chi connectivity index (χ0v) is 8.06. The molecule has 0 radical (unpaired) electrons. The molecule has 0 saturated heterocycles. The molecule has 0 aliphatic carbocycles. The molecule has 0 rings (SSSR count). The number of halogens is 7. The summed E-state index contributed by atoms with van der Waals surface area (Å²) in [6.07, 6.45) is -6.85. The fourth-order valence-corrected chi connectivity index (χ4v) is 0.836. The van der Waals surface area contributed by atoms with Gasteiger partial charge in [0.1, 0.15) is 0 Å². The number of carbonyl (C=O) groups is 2. The average molecular weight is 286 g/mol. The molecule has 0 unspecified atom stereocenters. The second-order valence-corrected chi connectivity index (χ2v) is 3.09. The van der Waals surface area contributed by atoms with Crippen molar-refractivity contribution in [3.8, 4) is 0 Å². The summed E-state index contributed by atoms with van der Waals surface area (Å²) in [4.78, 5) is 20.7. The Morgan fingerprint density at radius 3 is 1.22 bits per heavy atom. The van der Waals surface area contributed by atoms with Crippen LogP contribution in [0.3, 0.4) is 0 Å². The Hall–Kier alpha value is -1.59. The van der Waals surface area contributed by atoms with Crippen molar-refractivity contribution in [2.24, 2.45) is 11.5 Å². The molecule has 0 aromatic rings. The van der Waals surface area contributed by atoms with Gasteiger partial charge in [0.25, 0.3) is 17.4 Å². The lowest BCUT2D eigenvalue weighted by Gasteiger charge is -2.35. The lowest BCUT2D eigenvalue weighted by molar-refractivity contribution is -0.376. The normalized spacial score (nSPS) is 14.4. The third-order valence-electron chi connectivity index (χ3n) is 1.92. The van der Waals surface area contributed by atoms with Gasteiger partial charge in [-0.25, -0.2) is 0 Å². The van der Waals surface area contributed by atoms with Gasteiger partial charge < -0.3 is 16.6 Å². The number of nitrogens with two attached hydrogens (primary N) is 2. The molecule has 18 heavy (non-hydrogen) atoms. The summed E-state index contributed by atoms with van der Waals surface area (Å²) < 4.78 is 86.0. The van der Waals surface area contributed by atoms with E-state index < -0.39 is 35.4 Å². The predicted octanol–water partition coefficient (Wildman–Crippen LogP) is -0.479. The summed E-state index contributed by atoms with van der Waals surface area (Å²) in [5.74, 6) is -19.2. The van der Waals surface area contributed by atoms with Gasteiger partial charge in [0.2, 0.25) is 0 Å². The first-order valence-electron chi connectivity index (χ1n) is 3.78. The van der Waals surface area contributed by atoms with Crippen LogP contribution in [0.4, 0.5) is 30.7 Å². The van der Waals surface area contributed by atoms with Crippen molar-refractivity contribution in [2.75, 3.05) is 0 Å². The van der Waals surface area contributed by atoms with Crippen LogP contribution < -0.4 is 11.5 Å². The van der Waals surface area contributed by atoms with E-state index in [4.69, 9.17) is 5.11 Å². The van der Waals surface area contributed by atoms with Crippen LogP contribution >= 0.6 is 0 Å². The highest BCUT2D eigenvalue weighted by atomic mass is 19.4. The lowest BCUT2D eigenvalue weighted by atomic mass is 9.88. The van der Waals surface area contributed by atoms with Crippen LogP contribution in [-0.4, -0.2) is 40.5 Å². The van der Waals surface area contributed by atoms with Crippen molar-refractivity contribution in [2.45, 2.75) is 23.6 Å². The van der Waals surface area contributed by atoms with E-state index in [1.807, 2.05) is 0 Å². The second-order valence-electron chi connectivity index (χ2n) is 3.09. The molecule has 106 valence electrons. The molecule has 0 bridgehead atoms. The summed E-state index contributed by atoms with van der Waals surface area (Å²) in [7, 11) is 0. The van der Waals surface area contributed by atoms with Gasteiger partial charge in [0.15, 0.2) is 0 Å². The number of carbonyl (C=O) groups excluding carboxylic acids is 2. The summed E-state index contributed by atoms with van der Waals surface area (Å²) in [6.45, 7) is 0. The summed E-state index contributed by atoms with van der Waals surface area (Å²) >= 11 is 0. The van der Waals surface area contributed by atoms with Gasteiger partial charge >= 0.3 is 18.0 Å². The first-order chi connectivity index (χ1) is 7.64. The smallest absolute Gasteiger partial charge is 0.367 e.